The highest BCUT2D eigenvalue weighted by atomic mass is 19.1. The van der Waals surface area contributed by atoms with Crippen molar-refractivity contribution in [2.45, 2.75) is 84.6 Å². The first-order valence-corrected chi connectivity index (χ1v) is 11.5. The molecule has 0 radical (unpaired) electrons. The van der Waals surface area contributed by atoms with Gasteiger partial charge >= 0.3 is 0 Å². The summed E-state index contributed by atoms with van der Waals surface area (Å²) in [7, 11) is 0. The summed E-state index contributed by atoms with van der Waals surface area (Å²) >= 11 is 0. The highest BCUT2D eigenvalue weighted by Gasteiger charge is 2.28. The van der Waals surface area contributed by atoms with Crippen LogP contribution in [-0.4, -0.2) is 29.5 Å². The van der Waals surface area contributed by atoms with Crippen molar-refractivity contribution in [2.75, 3.05) is 0 Å². The molecule has 6 nitrogen and oxygen atoms in total. The van der Waals surface area contributed by atoms with E-state index in [-0.39, 0.29) is 5.92 Å². The number of rotatable bonds is 6. The summed E-state index contributed by atoms with van der Waals surface area (Å²) in [6, 6.07) is 3.87. The normalized spacial score (nSPS) is 20.1. The van der Waals surface area contributed by atoms with E-state index < -0.39 is 11.6 Å². The van der Waals surface area contributed by atoms with Gasteiger partial charge in [0, 0.05) is 17.9 Å². The van der Waals surface area contributed by atoms with E-state index in [0.717, 1.165) is 55.6 Å². The van der Waals surface area contributed by atoms with Crippen LogP contribution in [0.25, 0.3) is 5.69 Å². The standard InChI is InChI=1S/C24H32F2N6/c1-14(2)23-27-16(4)29-31(23)21-8-6-18(7-9-21)10-15(3)24-28-17(5)30-32(24)22-12-19(25)11-20(26)13-22/h11-15,18,21H,6-10H2,1-5H3. The Balaban J connectivity index is 1.45. The lowest BCUT2D eigenvalue weighted by atomic mass is 9.81. The summed E-state index contributed by atoms with van der Waals surface area (Å²) < 4.78 is 31.3. The fourth-order valence-corrected chi connectivity index (χ4v) is 4.94. The van der Waals surface area contributed by atoms with Crippen molar-refractivity contribution in [3.05, 3.63) is 53.1 Å². The summed E-state index contributed by atoms with van der Waals surface area (Å²) in [4.78, 5) is 9.22. The van der Waals surface area contributed by atoms with Crippen molar-refractivity contribution >= 4 is 0 Å². The van der Waals surface area contributed by atoms with Gasteiger partial charge < -0.3 is 0 Å². The summed E-state index contributed by atoms with van der Waals surface area (Å²) in [5, 5.41) is 9.09. The van der Waals surface area contributed by atoms with Crippen molar-refractivity contribution < 1.29 is 8.78 Å². The molecule has 1 aliphatic rings. The van der Waals surface area contributed by atoms with Gasteiger partial charge in [0.1, 0.15) is 34.9 Å². The minimum Gasteiger partial charge on any atom is -0.247 e. The highest BCUT2D eigenvalue weighted by Crippen LogP contribution is 2.38. The number of hydrogen-bond donors (Lipinski definition) is 0. The molecule has 32 heavy (non-hydrogen) atoms. The van der Waals surface area contributed by atoms with Gasteiger partial charge in [-0.05, 0) is 64.0 Å². The molecule has 0 spiro atoms. The molecule has 3 aromatic rings. The first-order valence-electron chi connectivity index (χ1n) is 11.5. The number of aromatic nitrogens is 6. The predicted molar refractivity (Wildman–Crippen MR) is 119 cm³/mol. The highest BCUT2D eigenvalue weighted by molar-refractivity contribution is 5.33. The predicted octanol–water partition coefficient (Wildman–Crippen LogP) is 5.80. The second-order valence-electron chi connectivity index (χ2n) is 9.48. The van der Waals surface area contributed by atoms with Crippen LogP contribution in [0.5, 0.6) is 0 Å². The molecular formula is C24H32F2N6. The van der Waals surface area contributed by atoms with E-state index in [1.165, 1.54) is 12.1 Å². The summed E-state index contributed by atoms with van der Waals surface area (Å²) in [5.74, 6) is 3.09. The molecule has 1 unspecified atom stereocenters. The molecule has 4 rings (SSSR count). The molecule has 2 aromatic heterocycles. The average Bonchev–Trinajstić information content (AvgIpc) is 3.31. The molecule has 172 valence electrons. The SMILES string of the molecule is Cc1nc(C(C)CC2CCC(n3nc(C)nc3C(C)C)CC2)n(-c2cc(F)cc(F)c2)n1. The molecular weight excluding hydrogens is 410 g/mol. The first kappa shape index (κ1) is 22.6. The monoisotopic (exact) mass is 442 g/mol. The maximum absolute atomic E-state index is 13.8. The number of benzene rings is 1. The van der Waals surface area contributed by atoms with E-state index in [0.29, 0.717) is 29.4 Å². The van der Waals surface area contributed by atoms with Crippen molar-refractivity contribution in [2.24, 2.45) is 5.92 Å². The number of halogens is 2. The van der Waals surface area contributed by atoms with Crippen molar-refractivity contribution in [1.82, 2.24) is 29.5 Å². The third-order valence-corrected chi connectivity index (χ3v) is 6.40. The molecule has 0 saturated heterocycles. The average molecular weight is 443 g/mol. The Morgan fingerprint density at radius 1 is 0.875 bits per heavy atom. The zero-order chi connectivity index (χ0) is 23.0. The number of hydrogen-bond acceptors (Lipinski definition) is 4. The van der Waals surface area contributed by atoms with Crippen molar-refractivity contribution in [1.29, 1.82) is 0 Å². The Hall–Kier alpha value is -2.64. The minimum absolute atomic E-state index is 0.129. The second-order valence-corrected chi connectivity index (χ2v) is 9.48. The van der Waals surface area contributed by atoms with E-state index in [2.05, 4.69) is 45.6 Å². The fourth-order valence-electron chi connectivity index (χ4n) is 4.94. The topological polar surface area (TPSA) is 61.4 Å². The Morgan fingerprint density at radius 3 is 2.09 bits per heavy atom. The third kappa shape index (κ3) is 4.74. The smallest absolute Gasteiger partial charge is 0.148 e. The maximum Gasteiger partial charge on any atom is 0.148 e. The maximum atomic E-state index is 13.8. The van der Waals surface area contributed by atoms with Crippen molar-refractivity contribution in [3.8, 4) is 5.69 Å². The molecule has 1 fully saturated rings. The number of nitrogens with zero attached hydrogens (tertiary/aromatic N) is 6. The molecule has 2 heterocycles. The van der Waals surface area contributed by atoms with Crippen LogP contribution < -0.4 is 0 Å². The lowest BCUT2D eigenvalue weighted by Gasteiger charge is -2.31. The Labute approximate surface area is 188 Å². The third-order valence-electron chi connectivity index (χ3n) is 6.40. The molecule has 0 bridgehead atoms. The van der Waals surface area contributed by atoms with Gasteiger partial charge in [-0.1, -0.05) is 20.8 Å². The van der Waals surface area contributed by atoms with Gasteiger partial charge in [-0.25, -0.2) is 28.1 Å². The van der Waals surface area contributed by atoms with Crippen LogP contribution in [0, 0.1) is 31.4 Å². The molecule has 0 amide bonds. The van der Waals surface area contributed by atoms with Gasteiger partial charge in [-0.2, -0.15) is 10.2 Å². The second kappa shape index (κ2) is 9.08. The molecule has 1 saturated carbocycles. The minimum atomic E-state index is -0.616. The lowest BCUT2D eigenvalue weighted by Crippen LogP contribution is -2.22. The molecule has 8 heteroatoms. The zero-order valence-corrected chi connectivity index (χ0v) is 19.5. The van der Waals surface area contributed by atoms with Gasteiger partial charge in [0.15, 0.2) is 0 Å². The van der Waals surface area contributed by atoms with E-state index >= 15 is 0 Å². The van der Waals surface area contributed by atoms with E-state index in [1.54, 1.807) is 11.6 Å². The molecule has 1 atom stereocenters. The van der Waals surface area contributed by atoms with Crippen LogP contribution in [0.15, 0.2) is 18.2 Å². The van der Waals surface area contributed by atoms with Crippen LogP contribution in [0.4, 0.5) is 8.78 Å². The molecule has 1 aliphatic carbocycles. The molecule has 0 N–H and O–H groups in total. The zero-order valence-electron chi connectivity index (χ0n) is 19.5. The lowest BCUT2D eigenvalue weighted by molar-refractivity contribution is 0.236. The van der Waals surface area contributed by atoms with Gasteiger partial charge in [0.05, 0.1) is 11.7 Å². The van der Waals surface area contributed by atoms with Crippen LogP contribution in [-0.2, 0) is 0 Å². The summed E-state index contributed by atoms with van der Waals surface area (Å²) in [6.45, 7) is 10.2. The Bertz CT molecular complexity index is 1060. The Kier molecular flexibility index (Phi) is 6.40. The molecule has 1 aromatic carbocycles. The van der Waals surface area contributed by atoms with Gasteiger partial charge in [0.2, 0.25) is 0 Å². The summed E-state index contributed by atoms with van der Waals surface area (Å²) in [5.41, 5.74) is 0.372. The van der Waals surface area contributed by atoms with Crippen molar-refractivity contribution in [3.63, 3.8) is 0 Å². The fraction of sp³-hybridized carbons (Fsp3) is 0.583. The van der Waals surface area contributed by atoms with Gasteiger partial charge in [-0.3, -0.25) is 0 Å². The Morgan fingerprint density at radius 2 is 1.47 bits per heavy atom. The number of aryl methyl sites for hydroxylation is 2. The summed E-state index contributed by atoms with van der Waals surface area (Å²) in [6.07, 6.45) is 5.37. The van der Waals surface area contributed by atoms with Crippen LogP contribution in [0.2, 0.25) is 0 Å². The van der Waals surface area contributed by atoms with E-state index in [1.807, 2.05) is 6.92 Å². The van der Waals surface area contributed by atoms with Gasteiger partial charge in [0.25, 0.3) is 0 Å². The quantitative estimate of drug-likeness (QED) is 0.484. The first-order chi connectivity index (χ1) is 15.2. The molecule has 0 aliphatic heterocycles. The largest absolute Gasteiger partial charge is 0.247 e. The van der Waals surface area contributed by atoms with Crippen LogP contribution in [0.3, 0.4) is 0 Å². The van der Waals surface area contributed by atoms with Gasteiger partial charge in [-0.15, -0.1) is 0 Å². The van der Waals surface area contributed by atoms with E-state index in [4.69, 9.17) is 0 Å². The van der Waals surface area contributed by atoms with E-state index in [9.17, 15) is 8.78 Å². The van der Waals surface area contributed by atoms with Crippen LogP contribution >= 0.6 is 0 Å². The van der Waals surface area contributed by atoms with Crippen LogP contribution in [0.1, 0.15) is 94.1 Å².